The Balaban J connectivity index is 1.89. The van der Waals surface area contributed by atoms with Gasteiger partial charge >= 0.3 is 6.03 Å². The lowest BCUT2D eigenvalue weighted by Gasteiger charge is -2.30. The summed E-state index contributed by atoms with van der Waals surface area (Å²) in [6.45, 7) is 6.80. The van der Waals surface area contributed by atoms with E-state index in [2.05, 4.69) is 5.32 Å². The van der Waals surface area contributed by atoms with Gasteiger partial charge in [-0.25, -0.2) is 13.2 Å². The van der Waals surface area contributed by atoms with Gasteiger partial charge in [0.05, 0.1) is 0 Å². The molecule has 2 rings (SSSR count). The van der Waals surface area contributed by atoms with Crippen LogP contribution in [0.3, 0.4) is 0 Å². The summed E-state index contributed by atoms with van der Waals surface area (Å²) < 4.78 is 26.6. The van der Waals surface area contributed by atoms with Crippen LogP contribution in [0.2, 0.25) is 0 Å². The molecule has 6 nitrogen and oxygen atoms in total. The molecule has 0 saturated carbocycles. The summed E-state index contributed by atoms with van der Waals surface area (Å²) in [5.74, 6) is 0. The molecular weight excluding hydrogens is 322 g/mol. The van der Waals surface area contributed by atoms with Gasteiger partial charge in [0.15, 0.2) is 0 Å². The fraction of sp³-hybridized carbons (Fsp3) is 0.643. The molecule has 0 spiro atoms. The predicted octanol–water partition coefficient (Wildman–Crippen LogP) is 1.74. The lowest BCUT2D eigenvalue weighted by Crippen LogP contribution is -2.48. The Hall–Kier alpha value is -1.12. The number of nitrogens with zero attached hydrogens (tertiary/aromatic N) is 2. The number of nitrogens with one attached hydrogen (secondary N) is 1. The minimum absolute atomic E-state index is 0.0289. The van der Waals surface area contributed by atoms with E-state index >= 15 is 0 Å². The Kier molecular flexibility index (Phi) is 5.82. The first kappa shape index (κ1) is 17.2. The van der Waals surface area contributed by atoms with Crippen molar-refractivity contribution in [2.45, 2.75) is 30.9 Å². The number of hydrogen-bond donors (Lipinski definition) is 1. The van der Waals surface area contributed by atoms with Gasteiger partial charge in [-0.2, -0.15) is 4.31 Å². The average molecular weight is 345 g/mol. The molecule has 124 valence electrons. The van der Waals surface area contributed by atoms with Crippen molar-refractivity contribution in [3.8, 4) is 0 Å². The van der Waals surface area contributed by atoms with Gasteiger partial charge in [-0.1, -0.05) is 13.8 Å². The van der Waals surface area contributed by atoms with Gasteiger partial charge in [0.1, 0.15) is 4.21 Å². The normalized spacial score (nSPS) is 15.0. The second kappa shape index (κ2) is 7.43. The molecule has 2 heterocycles. The van der Waals surface area contributed by atoms with Crippen LogP contribution in [0.1, 0.15) is 25.1 Å². The van der Waals surface area contributed by atoms with Crippen LogP contribution in [0, 0.1) is 0 Å². The third kappa shape index (κ3) is 3.80. The molecule has 0 atom stereocenters. The fourth-order valence-corrected chi connectivity index (χ4v) is 5.21. The molecule has 0 radical (unpaired) electrons. The largest absolute Gasteiger partial charge is 0.338 e. The van der Waals surface area contributed by atoms with Crippen molar-refractivity contribution in [1.82, 2.24) is 14.5 Å². The van der Waals surface area contributed by atoms with Crippen molar-refractivity contribution in [3.05, 3.63) is 17.0 Å². The molecule has 1 aromatic heterocycles. The van der Waals surface area contributed by atoms with Crippen molar-refractivity contribution in [2.24, 2.45) is 0 Å². The highest BCUT2D eigenvalue weighted by atomic mass is 32.2. The molecule has 0 aliphatic carbocycles. The number of hydrogen-bond acceptors (Lipinski definition) is 4. The van der Waals surface area contributed by atoms with Crippen LogP contribution < -0.4 is 5.32 Å². The quantitative estimate of drug-likeness (QED) is 0.818. The maximum absolute atomic E-state index is 12.4. The topological polar surface area (TPSA) is 69.7 Å². The number of carbonyl (C=O) groups excluding carboxylic acids is 1. The van der Waals surface area contributed by atoms with Crippen molar-refractivity contribution in [3.63, 3.8) is 0 Å². The first-order chi connectivity index (χ1) is 10.5. The zero-order valence-corrected chi connectivity index (χ0v) is 14.7. The molecule has 0 unspecified atom stereocenters. The van der Waals surface area contributed by atoms with Crippen LogP contribution in [0.5, 0.6) is 0 Å². The van der Waals surface area contributed by atoms with E-state index in [1.54, 1.807) is 11.0 Å². The first-order valence-electron chi connectivity index (χ1n) is 7.60. The Morgan fingerprint density at radius 3 is 2.55 bits per heavy atom. The third-order valence-corrected chi connectivity index (χ3v) is 7.39. The number of likely N-dealkylation sites (tertiary alicyclic amines) is 1. The van der Waals surface area contributed by atoms with Gasteiger partial charge < -0.3 is 10.2 Å². The Morgan fingerprint density at radius 1 is 1.32 bits per heavy atom. The molecule has 1 aliphatic rings. The monoisotopic (exact) mass is 345 g/mol. The molecular formula is C14H23N3O3S2. The number of amides is 2. The maximum atomic E-state index is 12.4. The summed E-state index contributed by atoms with van der Waals surface area (Å²) in [6.07, 6.45) is 1.73. The first-order valence-corrected chi connectivity index (χ1v) is 9.86. The SMILES string of the molecule is CCN(CC)S(=O)(=O)c1ccc(CCNC(=O)N2CCC2)s1. The van der Waals surface area contributed by atoms with Crippen LogP contribution in [-0.4, -0.2) is 56.4 Å². The summed E-state index contributed by atoms with van der Waals surface area (Å²) in [4.78, 5) is 14.4. The van der Waals surface area contributed by atoms with Crippen molar-refractivity contribution >= 4 is 27.4 Å². The molecule has 8 heteroatoms. The molecule has 0 bridgehead atoms. The second-order valence-electron chi connectivity index (χ2n) is 5.13. The van der Waals surface area contributed by atoms with Crippen LogP contribution in [0.15, 0.2) is 16.3 Å². The van der Waals surface area contributed by atoms with Crippen LogP contribution in [-0.2, 0) is 16.4 Å². The number of rotatable bonds is 7. The predicted molar refractivity (Wildman–Crippen MR) is 87.7 cm³/mol. The minimum Gasteiger partial charge on any atom is -0.338 e. The maximum Gasteiger partial charge on any atom is 0.317 e. The van der Waals surface area contributed by atoms with Gasteiger partial charge in [-0.3, -0.25) is 0 Å². The number of sulfonamides is 1. The van der Waals surface area contributed by atoms with E-state index in [1.807, 2.05) is 19.9 Å². The Bertz CT molecular complexity index is 605. The van der Waals surface area contributed by atoms with Crippen molar-refractivity contribution in [2.75, 3.05) is 32.7 Å². The molecule has 1 saturated heterocycles. The molecule has 1 fully saturated rings. The highest BCUT2D eigenvalue weighted by molar-refractivity contribution is 7.91. The Morgan fingerprint density at radius 2 is 2.00 bits per heavy atom. The molecule has 1 aromatic rings. The van der Waals surface area contributed by atoms with E-state index in [9.17, 15) is 13.2 Å². The van der Waals surface area contributed by atoms with E-state index in [1.165, 1.54) is 15.6 Å². The molecule has 22 heavy (non-hydrogen) atoms. The van der Waals surface area contributed by atoms with Crippen molar-refractivity contribution in [1.29, 1.82) is 0 Å². The number of urea groups is 1. The smallest absolute Gasteiger partial charge is 0.317 e. The van der Waals surface area contributed by atoms with E-state index in [4.69, 9.17) is 0 Å². The molecule has 1 N–H and O–H groups in total. The van der Waals surface area contributed by atoms with Gasteiger partial charge in [0.25, 0.3) is 10.0 Å². The van der Waals surface area contributed by atoms with E-state index in [0.29, 0.717) is 30.3 Å². The van der Waals surface area contributed by atoms with Gasteiger partial charge in [-0.05, 0) is 25.0 Å². The molecule has 1 aliphatic heterocycles. The summed E-state index contributed by atoms with van der Waals surface area (Å²) in [6, 6.07) is 3.46. The van der Waals surface area contributed by atoms with Crippen LogP contribution >= 0.6 is 11.3 Å². The number of thiophene rings is 1. The highest BCUT2D eigenvalue weighted by Crippen LogP contribution is 2.25. The highest BCUT2D eigenvalue weighted by Gasteiger charge is 2.23. The minimum atomic E-state index is -3.37. The fourth-order valence-electron chi connectivity index (χ4n) is 2.25. The Labute approximate surface area is 136 Å². The van der Waals surface area contributed by atoms with Crippen LogP contribution in [0.4, 0.5) is 4.79 Å². The van der Waals surface area contributed by atoms with Gasteiger partial charge in [0.2, 0.25) is 0 Å². The third-order valence-electron chi connectivity index (χ3n) is 3.73. The zero-order chi connectivity index (χ0) is 16.2. The average Bonchev–Trinajstić information content (AvgIpc) is 2.87. The summed E-state index contributed by atoms with van der Waals surface area (Å²) in [7, 11) is -3.37. The molecule has 0 aromatic carbocycles. The van der Waals surface area contributed by atoms with Gasteiger partial charge in [0, 0.05) is 37.6 Å². The summed E-state index contributed by atoms with van der Waals surface area (Å²) in [5, 5.41) is 2.86. The van der Waals surface area contributed by atoms with E-state index in [-0.39, 0.29) is 6.03 Å². The van der Waals surface area contributed by atoms with Gasteiger partial charge in [-0.15, -0.1) is 11.3 Å². The van der Waals surface area contributed by atoms with E-state index < -0.39 is 10.0 Å². The van der Waals surface area contributed by atoms with E-state index in [0.717, 1.165) is 24.4 Å². The lowest BCUT2D eigenvalue weighted by atomic mass is 10.2. The molecule has 2 amide bonds. The van der Waals surface area contributed by atoms with Crippen LogP contribution in [0.25, 0.3) is 0 Å². The second-order valence-corrected chi connectivity index (χ2v) is 8.47. The summed E-state index contributed by atoms with van der Waals surface area (Å²) >= 11 is 1.28. The lowest BCUT2D eigenvalue weighted by molar-refractivity contribution is 0.168. The standard InChI is InChI=1S/C14H23N3O3S2/c1-3-17(4-2)22(19,20)13-7-6-12(21-13)8-9-15-14(18)16-10-5-11-16/h6-7H,3-5,8-11H2,1-2H3,(H,15,18). The number of carbonyl (C=O) groups is 1. The summed E-state index contributed by atoms with van der Waals surface area (Å²) in [5.41, 5.74) is 0. The van der Waals surface area contributed by atoms with Crippen molar-refractivity contribution < 1.29 is 13.2 Å². The zero-order valence-electron chi connectivity index (χ0n) is 13.0.